The lowest BCUT2D eigenvalue weighted by atomic mass is 10.2. The van der Waals surface area contributed by atoms with Crippen LogP contribution >= 0.6 is 11.6 Å². The van der Waals surface area contributed by atoms with Crippen LogP contribution in [-0.2, 0) is 11.3 Å². The number of hydrogen-bond donors (Lipinski definition) is 0. The summed E-state index contributed by atoms with van der Waals surface area (Å²) >= 11 is 5.83. The Balaban J connectivity index is 1.62. The normalized spacial score (nSPS) is 10.4. The van der Waals surface area contributed by atoms with Crippen molar-refractivity contribution in [3.05, 3.63) is 59.1 Å². The highest BCUT2D eigenvalue weighted by molar-refractivity contribution is 6.30. The molecule has 0 aliphatic heterocycles. The van der Waals surface area contributed by atoms with Crippen LogP contribution in [0.1, 0.15) is 16.2 Å². The number of hydrogen-bond acceptors (Lipinski definition) is 7. The van der Waals surface area contributed by atoms with Crippen molar-refractivity contribution < 1.29 is 18.7 Å². The summed E-state index contributed by atoms with van der Waals surface area (Å²) in [6.45, 7) is -0.133. The van der Waals surface area contributed by atoms with Gasteiger partial charge in [0.2, 0.25) is 11.8 Å². The molecule has 7 nitrogen and oxygen atoms in total. The number of carbonyl (C=O) groups excluding carboxylic acids is 1. The Labute approximate surface area is 142 Å². The highest BCUT2D eigenvalue weighted by atomic mass is 35.5. The van der Waals surface area contributed by atoms with Crippen LogP contribution in [0.15, 0.2) is 47.0 Å². The summed E-state index contributed by atoms with van der Waals surface area (Å²) in [7, 11) is 1.49. The number of esters is 1. The fourth-order valence-corrected chi connectivity index (χ4v) is 1.98. The van der Waals surface area contributed by atoms with Crippen molar-refractivity contribution in [3.63, 3.8) is 0 Å². The van der Waals surface area contributed by atoms with Crippen molar-refractivity contribution >= 4 is 17.6 Å². The van der Waals surface area contributed by atoms with Crippen LogP contribution in [0, 0.1) is 0 Å². The van der Waals surface area contributed by atoms with Gasteiger partial charge in [-0.1, -0.05) is 11.6 Å². The Hall–Kier alpha value is -2.93. The monoisotopic (exact) mass is 345 g/mol. The molecule has 0 amide bonds. The molecule has 2 heterocycles. The van der Waals surface area contributed by atoms with Crippen molar-refractivity contribution in [2.24, 2.45) is 0 Å². The van der Waals surface area contributed by atoms with E-state index in [1.54, 1.807) is 36.4 Å². The largest absolute Gasteiger partial charge is 0.481 e. The molecule has 122 valence electrons. The number of aromatic nitrogens is 3. The van der Waals surface area contributed by atoms with Gasteiger partial charge in [0.1, 0.15) is 0 Å². The lowest BCUT2D eigenvalue weighted by Gasteiger charge is -2.02. The number of halogens is 1. The van der Waals surface area contributed by atoms with Crippen LogP contribution in [0.3, 0.4) is 0 Å². The molecular weight excluding hydrogens is 334 g/mol. The van der Waals surface area contributed by atoms with Gasteiger partial charge >= 0.3 is 5.97 Å². The zero-order valence-corrected chi connectivity index (χ0v) is 13.4. The van der Waals surface area contributed by atoms with Crippen LogP contribution in [-0.4, -0.2) is 28.3 Å². The maximum Gasteiger partial charge on any atom is 0.340 e. The lowest BCUT2D eigenvalue weighted by molar-refractivity contribution is 0.0438. The number of carbonyl (C=O) groups is 1. The maximum absolute atomic E-state index is 11.9. The van der Waals surface area contributed by atoms with Gasteiger partial charge in [0.25, 0.3) is 5.89 Å². The summed E-state index contributed by atoms with van der Waals surface area (Å²) in [5.41, 5.74) is 1.03. The van der Waals surface area contributed by atoms with Crippen LogP contribution in [0.2, 0.25) is 5.02 Å². The Kier molecular flexibility index (Phi) is 4.72. The second kappa shape index (κ2) is 7.10. The third-order valence-corrected chi connectivity index (χ3v) is 3.32. The van der Waals surface area contributed by atoms with E-state index in [0.717, 1.165) is 5.56 Å². The number of pyridine rings is 1. The van der Waals surface area contributed by atoms with E-state index in [0.29, 0.717) is 22.4 Å². The molecule has 0 spiro atoms. The van der Waals surface area contributed by atoms with Crippen LogP contribution in [0.5, 0.6) is 5.88 Å². The summed E-state index contributed by atoms with van der Waals surface area (Å²) in [5, 5.41) is 8.37. The zero-order chi connectivity index (χ0) is 16.9. The second-order valence-electron chi connectivity index (χ2n) is 4.67. The Morgan fingerprint density at radius 3 is 2.62 bits per heavy atom. The van der Waals surface area contributed by atoms with Gasteiger partial charge in [-0.05, 0) is 30.3 Å². The van der Waals surface area contributed by atoms with E-state index in [-0.39, 0.29) is 12.5 Å². The molecule has 0 bridgehead atoms. The standard InChI is InChI=1S/C16H12ClN3O4/c1-22-13-7-4-11(8-18-13)16(21)23-9-14-19-20-15(24-14)10-2-5-12(17)6-3-10/h2-8H,9H2,1H3. The highest BCUT2D eigenvalue weighted by Gasteiger charge is 2.13. The average molecular weight is 346 g/mol. The van der Waals surface area contributed by atoms with E-state index in [1.165, 1.54) is 13.3 Å². The van der Waals surface area contributed by atoms with Crippen LogP contribution in [0.25, 0.3) is 11.5 Å². The number of ether oxygens (including phenoxy) is 2. The van der Waals surface area contributed by atoms with Crippen molar-refractivity contribution in [3.8, 4) is 17.3 Å². The van der Waals surface area contributed by atoms with Gasteiger partial charge in [0.05, 0.1) is 12.7 Å². The lowest BCUT2D eigenvalue weighted by Crippen LogP contribution is -2.06. The predicted molar refractivity (Wildman–Crippen MR) is 84.7 cm³/mol. The van der Waals surface area contributed by atoms with Gasteiger partial charge in [0, 0.05) is 22.8 Å². The Bertz CT molecular complexity index is 831. The Morgan fingerprint density at radius 2 is 1.96 bits per heavy atom. The van der Waals surface area contributed by atoms with Gasteiger partial charge in [-0.15, -0.1) is 10.2 Å². The topological polar surface area (TPSA) is 87.3 Å². The third-order valence-electron chi connectivity index (χ3n) is 3.07. The minimum Gasteiger partial charge on any atom is -0.481 e. The molecule has 0 N–H and O–H groups in total. The first kappa shape index (κ1) is 15.9. The molecule has 0 radical (unpaired) electrons. The molecule has 0 saturated carbocycles. The van der Waals surface area contributed by atoms with E-state index in [1.807, 2.05) is 0 Å². The average Bonchev–Trinajstić information content (AvgIpc) is 3.09. The van der Waals surface area contributed by atoms with Crippen molar-refractivity contribution in [2.75, 3.05) is 7.11 Å². The van der Waals surface area contributed by atoms with E-state index in [4.69, 9.17) is 25.5 Å². The quantitative estimate of drug-likeness (QED) is 0.656. The van der Waals surface area contributed by atoms with Crippen molar-refractivity contribution in [2.45, 2.75) is 6.61 Å². The Morgan fingerprint density at radius 1 is 1.17 bits per heavy atom. The van der Waals surface area contributed by atoms with E-state index in [9.17, 15) is 4.79 Å². The molecule has 0 aliphatic carbocycles. The fraction of sp³-hybridized carbons (Fsp3) is 0.125. The third kappa shape index (κ3) is 3.69. The minimum atomic E-state index is -0.545. The van der Waals surface area contributed by atoms with E-state index >= 15 is 0 Å². The van der Waals surface area contributed by atoms with Gasteiger partial charge in [0.15, 0.2) is 6.61 Å². The molecule has 1 aromatic carbocycles. The van der Waals surface area contributed by atoms with E-state index < -0.39 is 5.97 Å². The summed E-state index contributed by atoms with van der Waals surface area (Å²) < 4.78 is 15.5. The van der Waals surface area contributed by atoms with Crippen LogP contribution in [0.4, 0.5) is 0 Å². The predicted octanol–water partition coefficient (Wildman–Crippen LogP) is 3.15. The molecule has 3 rings (SSSR count). The van der Waals surface area contributed by atoms with Crippen molar-refractivity contribution in [1.82, 2.24) is 15.2 Å². The van der Waals surface area contributed by atoms with Crippen LogP contribution < -0.4 is 4.74 Å². The molecule has 8 heteroatoms. The minimum absolute atomic E-state index is 0.133. The summed E-state index contributed by atoms with van der Waals surface area (Å²) in [6.07, 6.45) is 1.37. The first-order chi connectivity index (χ1) is 11.7. The number of benzene rings is 1. The second-order valence-corrected chi connectivity index (χ2v) is 5.11. The molecular formula is C16H12ClN3O4. The number of rotatable bonds is 5. The molecule has 2 aromatic heterocycles. The zero-order valence-electron chi connectivity index (χ0n) is 12.6. The molecule has 3 aromatic rings. The molecule has 0 unspecified atom stereocenters. The maximum atomic E-state index is 11.9. The van der Waals surface area contributed by atoms with Gasteiger partial charge in [-0.25, -0.2) is 9.78 Å². The number of methoxy groups -OCH3 is 1. The molecule has 0 aliphatic rings. The van der Waals surface area contributed by atoms with Gasteiger partial charge in [-0.3, -0.25) is 0 Å². The smallest absolute Gasteiger partial charge is 0.340 e. The molecule has 24 heavy (non-hydrogen) atoms. The number of nitrogens with zero attached hydrogens (tertiary/aromatic N) is 3. The summed E-state index contributed by atoms with van der Waals surface area (Å²) in [6, 6.07) is 10.1. The molecule has 0 fully saturated rings. The first-order valence-electron chi connectivity index (χ1n) is 6.91. The highest BCUT2D eigenvalue weighted by Crippen LogP contribution is 2.20. The fourth-order valence-electron chi connectivity index (χ4n) is 1.85. The summed E-state index contributed by atoms with van der Waals surface area (Å²) in [5.74, 6) is 0.381. The molecule has 0 atom stereocenters. The van der Waals surface area contributed by atoms with Crippen molar-refractivity contribution in [1.29, 1.82) is 0 Å². The van der Waals surface area contributed by atoms with Gasteiger partial charge in [-0.2, -0.15) is 0 Å². The van der Waals surface area contributed by atoms with E-state index in [2.05, 4.69) is 15.2 Å². The van der Waals surface area contributed by atoms with Gasteiger partial charge < -0.3 is 13.9 Å². The SMILES string of the molecule is COc1ccc(C(=O)OCc2nnc(-c3ccc(Cl)cc3)o2)cn1. The first-order valence-corrected chi connectivity index (χ1v) is 7.29. The summed E-state index contributed by atoms with van der Waals surface area (Å²) in [4.78, 5) is 15.9. The molecule has 0 saturated heterocycles.